The maximum Gasteiger partial charge on any atom is 0.285 e. The third-order valence-corrected chi connectivity index (χ3v) is 2.93. The van der Waals surface area contributed by atoms with Crippen LogP contribution in [0.5, 0.6) is 11.5 Å². The number of aromatic hydroxyl groups is 1. The van der Waals surface area contributed by atoms with E-state index in [4.69, 9.17) is 4.74 Å². The smallest absolute Gasteiger partial charge is 0.285 e. The molecule has 0 saturated heterocycles. The summed E-state index contributed by atoms with van der Waals surface area (Å²) in [6.45, 7) is 0.741. The van der Waals surface area contributed by atoms with Gasteiger partial charge in [-0.1, -0.05) is 30.3 Å². The van der Waals surface area contributed by atoms with E-state index < -0.39 is 12.0 Å². The van der Waals surface area contributed by atoms with E-state index in [1.54, 1.807) is 18.2 Å². The maximum absolute atomic E-state index is 13.8. The Morgan fingerprint density at radius 2 is 1.86 bits per heavy atom. The number of aldehydes is 1. The van der Waals surface area contributed by atoms with E-state index in [1.165, 1.54) is 30.3 Å². The van der Waals surface area contributed by atoms with Crippen molar-refractivity contribution in [3.8, 4) is 11.5 Å². The largest absolute Gasteiger partial charge is 0.504 e. The molecule has 5 heteroatoms. The summed E-state index contributed by atoms with van der Waals surface area (Å²) in [5.74, 6) is -3.62. The van der Waals surface area contributed by atoms with Crippen molar-refractivity contribution in [2.75, 3.05) is 0 Å². The van der Waals surface area contributed by atoms with Crippen LogP contribution in [0.1, 0.15) is 28.9 Å². The van der Waals surface area contributed by atoms with Crippen molar-refractivity contribution in [1.82, 2.24) is 0 Å². The second kappa shape index (κ2) is 5.91. The fourth-order valence-electron chi connectivity index (χ4n) is 1.92. The highest BCUT2D eigenvalue weighted by atomic mass is 19.3. The molecule has 0 aromatic heterocycles. The number of rotatable bonds is 5. The van der Waals surface area contributed by atoms with Crippen LogP contribution in [0.25, 0.3) is 0 Å². The zero-order valence-corrected chi connectivity index (χ0v) is 11.3. The molecular weight excluding hydrogens is 278 g/mol. The molecule has 0 radical (unpaired) electrons. The van der Waals surface area contributed by atoms with Gasteiger partial charge in [0.05, 0.1) is 0 Å². The molecule has 0 unspecified atom stereocenters. The number of halogens is 2. The molecule has 0 aliphatic rings. The van der Waals surface area contributed by atoms with Crippen LogP contribution in [0.15, 0.2) is 48.5 Å². The summed E-state index contributed by atoms with van der Waals surface area (Å²) in [5.41, 5.74) is 0.509. The highest BCUT2D eigenvalue weighted by Crippen LogP contribution is 2.38. The standard InChI is InChI=1S/C16H14F2O3/c1-16(17,18)15(12-5-3-2-4-6-12)21-14-9-11(10-19)7-8-13(14)20/h2-10,15,20H,1H3/t15-/m0/s1. The van der Waals surface area contributed by atoms with Gasteiger partial charge in [-0.15, -0.1) is 0 Å². The van der Waals surface area contributed by atoms with Gasteiger partial charge >= 0.3 is 0 Å². The zero-order chi connectivity index (χ0) is 15.5. The minimum Gasteiger partial charge on any atom is -0.504 e. The number of phenolic OH excluding ortho intramolecular Hbond substituents is 1. The summed E-state index contributed by atoms with van der Waals surface area (Å²) in [6, 6.07) is 11.8. The Morgan fingerprint density at radius 3 is 2.43 bits per heavy atom. The molecule has 110 valence electrons. The molecule has 0 aliphatic heterocycles. The van der Waals surface area contributed by atoms with Crippen LogP contribution in [-0.2, 0) is 0 Å². The van der Waals surface area contributed by atoms with Crippen molar-refractivity contribution in [3.05, 3.63) is 59.7 Å². The zero-order valence-electron chi connectivity index (χ0n) is 11.3. The predicted molar refractivity (Wildman–Crippen MR) is 73.9 cm³/mol. The number of hydrogen-bond donors (Lipinski definition) is 1. The molecule has 1 N–H and O–H groups in total. The molecule has 0 aliphatic carbocycles. The number of carbonyl (C=O) groups excluding carboxylic acids is 1. The molecule has 2 rings (SSSR count). The monoisotopic (exact) mass is 292 g/mol. The Morgan fingerprint density at radius 1 is 1.19 bits per heavy atom. The van der Waals surface area contributed by atoms with E-state index in [9.17, 15) is 18.7 Å². The number of ether oxygens (including phenoxy) is 1. The molecule has 2 aromatic carbocycles. The van der Waals surface area contributed by atoms with Crippen LogP contribution in [-0.4, -0.2) is 17.3 Å². The molecule has 21 heavy (non-hydrogen) atoms. The van der Waals surface area contributed by atoms with Gasteiger partial charge < -0.3 is 9.84 Å². The fraction of sp³-hybridized carbons (Fsp3) is 0.188. The first-order valence-electron chi connectivity index (χ1n) is 6.29. The van der Waals surface area contributed by atoms with E-state index in [0.717, 1.165) is 6.92 Å². The average Bonchev–Trinajstić information content (AvgIpc) is 2.46. The van der Waals surface area contributed by atoms with E-state index in [0.29, 0.717) is 6.29 Å². The summed E-state index contributed by atoms with van der Waals surface area (Å²) in [7, 11) is 0. The second-order valence-electron chi connectivity index (χ2n) is 4.71. The fourth-order valence-corrected chi connectivity index (χ4v) is 1.92. The van der Waals surface area contributed by atoms with Crippen LogP contribution >= 0.6 is 0 Å². The lowest BCUT2D eigenvalue weighted by atomic mass is 10.0. The summed E-state index contributed by atoms with van der Waals surface area (Å²) in [5, 5.41) is 9.71. The van der Waals surface area contributed by atoms with Crippen molar-refractivity contribution in [3.63, 3.8) is 0 Å². The number of benzene rings is 2. The molecule has 0 spiro atoms. The quantitative estimate of drug-likeness (QED) is 0.848. The van der Waals surface area contributed by atoms with Gasteiger partial charge in [-0.05, 0) is 23.8 Å². The van der Waals surface area contributed by atoms with Crippen LogP contribution in [0, 0.1) is 0 Å². The first kappa shape index (κ1) is 15.0. The van der Waals surface area contributed by atoms with Gasteiger partial charge in [-0.3, -0.25) is 4.79 Å². The van der Waals surface area contributed by atoms with Gasteiger partial charge in [-0.2, -0.15) is 0 Å². The topological polar surface area (TPSA) is 46.5 Å². The molecule has 3 nitrogen and oxygen atoms in total. The van der Waals surface area contributed by atoms with Crippen LogP contribution < -0.4 is 4.74 Å². The maximum atomic E-state index is 13.8. The van der Waals surface area contributed by atoms with Gasteiger partial charge in [0.25, 0.3) is 5.92 Å². The van der Waals surface area contributed by atoms with Gasteiger partial charge in [0.2, 0.25) is 0 Å². The number of phenols is 1. The number of carbonyl (C=O) groups is 1. The number of hydrogen-bond acceptors (Lipinski definition) is 3. The minimum absolute atomic E-state index is 0.157. The van der Waals surface area contributed by atoms with E-state index >= 15 is 0 Å². The molecule has 0 bridgehead atoms. The van der Waals surface area contributed by atoms with Crippen molar-refractivity contribution in [2.24, 2.45) is 0 Å². The minimum atomic E-state index is -3.16. The van der Waals surface area contributed by atoms with Crippen molar-refractivity contribution >= 4 is 6.29 Å². The van der Waals surface area contributed by atoms with Crippen molar-refractivity contribution in [2.45, 2.75) is 19.0 Å². The normalized spacial score (nSPS) is 12.7. The predicted octanol–water partition coefficient (Wildman–Crippen LogP) is 3.98. The lowest BCUT2D eigenvalue weighted by Gasteiger charge is -2.25. The Balaban J connectivity index is 2.39. The van der Waals surface area contributed by atoms with Crippen LogP contribution in [0.2, 0.25) is 0 Å². The highest BCUT2D eigenvalue weighted by Gasteiger charge is 2.38. The highest BCUT2D eigenvalue weighted by molar-refractivity contribution is 5.76. The SMILES string of the molecule is CC(F)(F)[C@@H](Oc1cc(C=O)ccc1O)c1ccccc1. The third-order valence-electron chi connectivity index (χ3n) is 2.93. The van der Waals surface area contributed by atoms with E-state index in [2.05, 4.69) is 0 Å². The molecule has 0 amide bonds. The summed E-state index contributed by atoms with van der Waals surface area (Å²) >= 11 is 0. The van der Waals surface area contributed by atoms with Crippen molar-refractivity contribution in [1.29, 1.82) is 0 Å². The third kappa shape index (κ3) is 3.56. The lowest BCUT2D eigenvalue weighted by molar-refractivity contribution is -0.0832. The number of alkyl halides is 2. The first-order valence-corrected chi connectivity index (χ1v) is 6.29. The average molecular weight is 292 g/mol. The van der Waals surface area contributed by atoms with Gasteiger partial charge in [0.1, 0.15) is 6.29 Å². The molecular formula is C16H14F2O3. The first-order chi connectivity index (χ1) is 9.91. The molecule has 0 saturated carbocycles. The Bertz CT molecular complexity index is 621. The lowest BCUT2D eigenvalue weighted by Crippen LogP contribution is -2.27. The Labute approximate surface area is 120 Å². The molecule has 1 atom stereocenters. The van der Waals surface area contributed by atoms with Gasteiger partial charge in [-0.25, -0.2) is 8.78 Å². The molecule has 0 heterocycles. The van der Waals surface area contributed by atoms with Crippen LogP contribution in [0.3, 0.4) is 0 Å². The molecule has 2 aromatic rings. The van der Waals surface area contributed by atoms with E-state index in [-0.39, 0.29) is 22.6 Å². The molecule has 0 fully saturated rings. The van der Waals surface area contributed by atoms with Gasteiger partial charge in [0, 0.05) is 12.5 Å². The summed E-state index contributed by atoms with van der Waals surface area (Å²) < 4.78 is 32.9. The second-order valence-corrected chi connectivity index (χ2v) is 4.71. The summed E-state index contributed by atoms with van der Waals surface area (Å²) in [6.07, 6.45) is -1.01. The van der Waals surface area contributed by atoms with Gasteiger partial charge in [0.15, 0.2) is 17.6 Å². The van der Waals surface area contributed by atoms with Crippen molar-refractivity contribution < 1.29 is 23.4 Å². The van der Waals surface area contributed by atoms with Crippen LogP contribution in [0.4, 0.5) is 8.78 Å². The Hall–Kier alpha value is -2.43. The summed E-state index contributed by atoms with van der Waals surface area (Å²) in [4.78, 5) is 10.7. The van der Waals surface area contributed by atoms with E-state index in [1.807, 2.05) is 0 Å². The Kier molecular flexibility index (Phi) is 4.21.